The number of likely N-dealkylation sites (tertiary alicyclic amines) is 1. The average Bonchev–Trinajstić information content (AvgIpc) is 2.98. The monoisotopic (exact) mass is 326 g/mol. The number of amides is 2. The maximum atomic E-state index is 11.8. The number of nitrogens with one attached hydrogen (secondary N) is 1. The second-order valence-corrected chi connectivity index (χ2v) is 5.59. The highest BCUT2D eigenvalue weighted by molar-refractivity contribution is 6.37. The van der Waals surface area contributed by atoms with E-state index in [4.69, 9.17) is 23.2 Å². The van der Waals surface area contributed by atoms with E-state index in [0.717, 1.165) is 25.9 Å². The molecule has 112 valence electrons. The molecule has 0 atom stereocenters. The van der Waals surface area contributed by atoms with Crippen LogP contribution in [0.3, 0.4) is 0 Å². The van der Waals surface area contributed by atoms with Crippen LogP contribution in [-0.4, -0.2) is 36.3 Å². The van der Waals surface area contributed by atoms with Crippen LogP contribution in [0.2, 0.25) is 10.0 Å². The fourth-order valence-electron chi connectivity index (χ4n) is 2.13. The van der Waals surface area contributed by atoms with Gasteiger partial charge in [-0.05, 0) is 31.1 Å². The normalized spacial score (nSPS) is 14.7. The SMILES string of the molecule is O=C(/C=C/c1c(Cl)cccc1Cl)NCC(=O)N1CCCC1. The Balaban J connectivity index is 1.86. The molecule has 1 aliphatic rings. The molecule has 1 aromatic rings. The summed E-state index contributed by atoms with van der Waals surface area (Å²) in [7, 11) is 0. The van der Waals surface area contributed by atoms with Gasteiger partial charge in [0.2, 0.25) is 11.8 Å². The van der Waals surface area contributed by atoms with Crippen molar-refractivity contribution >= 4 is 41.1 Å². The molecule has 4 nitrogen and oxygen atoms in total. The standard InChI is InChI=1S/C15H16Cl2N2O2/c16-12-4-3-5-13(17)11(12)6-7-14(20)18-10-15(21)19-8-1-2-9-19/h3-7H,1-2,8-10H2,(H,18,20)/b7-6+. The number of hydrogen-bond donors (Lipinski definition) is 1. The van der Waals surface area contributed by atoms with Crippen LogP contribution in [0.4, 0.5) is 0 Å². The van der Waals surface area contributed by atoms with Crippen molar-refractivity contribution in [3.63, 3.8) is 0 Å². The van der Waals surface area contributed by atoms with E-state index in [0.29, 0.717) is 15.6 Å². The predicted molar refractivity (Wildman–Crippen MR) is 84.3 cm³/mol. The van der Waals surface area contributed by atoms with E-state index in [2.05, 4.69) is 5.32 Å². The van der Waals surface area contributed by atoms with E-state index in [1.165, 1.54) is 6.08 Å². The molecule has 6 heteroatoms. The maximum absolute atomic E-state index is 11.8. The fraction of sp³-hybridized carbons (Fsp3) is 0.333. The zero-order chi connectivity index (χ0) is 15.2. The van der Waals surface area contributed by atoms with E-state index in [-0.39, 0.29) is 18.4 Å². The molecule has 1 fully saturated rings. The van der Waals surface area contributed by atoms with Crippen LogP contribution < -0.4 is 5.32 Å². The van der Waals surface area contributed by atoms with Gasteiger partial charge in [-0.25, -0.2) is 0 Å². The Morgan fingerprint density at radius 2 is 1.81 bits per heavy atom. The van der Waals surface area contributed by atoms with Crippen molar-refractivity contribution in [2.75, 3.05) is 19.6 Å². The lowest BCUT2D eigenvalue weighted by atomic mass is 10.2. The van der Waals surface area contributed by atoms with Gasteiger partial charge in [0.25, 0.3) is 0 Å². The summed E-state index contributed by atoms with van der Waals surface area (Å²) in [6.07, 6.45) is 4.93. The zero-order valence-electron chi connectivity index (χ0n) is 11.4. The molecule has 0 unspecified atom stereocenters. The molecule has 1 N–H and O–H groups in total. The summed E-state index contributed by atoms with van der Waals surface area (Å²) in [5.74, 6) is -0.399. The van der Waals surface area contributed by atoms with Gasteiger partial charge >= 0.3 is 0 Å². The van der Waals surface area contributed by atoms with Crippen molar-refractivity contribution in [3.05, 3.63) is 39.9 Å². The number of halogens is 2. The van der Waals surface area contributed by atoms with Crippen LogP contribution in [0.15, 0.2) is 24.3 Å². The van der Waals surface area contributed by atoms with Gasteiger partial charge in [-0.3, -0.25) is 9.59 Å². The molecule has 1 heterocycles. The van der Waals surface area contributed by atoms with Crippen LogP contribution in [0.1, 0.15) is 18.4 Å². The Labute approximate surface area is 133 Å². The third-order valence-corrected chi connectivity index (χ3v) is 3.93. The highest BCUT2D eigenvalue weighted by Gasteiger charge is 2.17. The molecule has 0 spiro atoms. The van der Waals surface area contributed by atoms with Gasteiger partial charge in [-0.2, -0.15) is 0 Å². The first-order valence-corrected chi connectivity index (χ1v) is 7.51. The highest BCUT2D eigenvalue weighted by atomic mass is 35.5. The number of benzene rings is 1. The van der Waals surface area contributed by atoms with Gasteiger partial charge in [0.05, 0.1) is 6.54 Å². The summed E-state index contributed by atoms with van der Waals surface area (Å²) in [5, 5.41) is 3.51. The Morgan fingerprint density at radius 3 is 2.43 bits per heavy atom. The zero-order valence-corrected chi connectivity index (χ0v) is 13.0. The van der Waals surface area contributed by atoms with Crippen molar-refractivity contribution in [1.29, 1.82) is 0 Å². The topological polar surface area (TPSA) is 49.4 Å². The Morgan fingerprint density at radius 1 is 1.19 bits per heavy atom. The molecule has 2 amide bonds. The Bertz CT molecular complexity index is 547. The average molecular weight is 327 g/mol. The summed E-state index contributed by atoms with van der Waals surface area (Å²) in [6.45, 7) is 1.57. The quantitative estimate of drug-likeness (QED) is 0.865. The number of hydrogen-bond acceptors (Lipinski definition) is 2. The minimum Gasteiger partial charge on any atom is -0.343 e. The molecule has 2 rings (SSSR count). The highest BCUT2D eigenvalue weighted by Crippen LogP contribution is 2.25. The van der Waals surface area contributed by atoms with E-state index < -0.39 is 0 Å². The van der Waals surface area contributed by atoms with Gasteiger partial charge < -0.3 is 10.2 Å². The van der Waals surface area contributed by atoms with Crippen LogP contribution in [-0.2, 0) is 9.59 Å². The third-order valence-electron chi connectivity index (χ3n) is 3.27. The second-order valence-electron chi connectivity index (χ2n) is 4.77. The molecule has 0 bridgehead atoms. The van der Waals surface area contributed by atoms with Gasteiger partial charge in [0, 0.05) is 34.8 Å². The second kappa shape index (κ2) is 7.48. The molecule has 0 saturated carbocycles. The van der Waals surface area contributed by atoms with Gasteiger partial charge in [-0.1, -0.05) is 29.3 Å². The Kier molecular flexibility index (Phi) is 5.65. The predicted octanol–water partition coefficient (Wildman–Crippen LogP) is 2.75. The molecular formula is C15H16Cl2N2O2. The molecule has 0 radical (unpaired) electrons. The van der Waals surface area contributed by atoms with Crippen LogP contribution >= 0.6 is 23.2 Å². The Hall–Kier alpha value is -1.52. The fourth-order valence-corrected chi connectivity index (χ4v) is 2.65. The van der Waals surface area contributed by atoms with Crippen molar-refractivity contribution in [2.24, 2.45) is 0 Å². The van der Waals surface area contributed by atoms with Crippen molar-refractivity contribution in [2.45, 2.75) is 12.8 Å². The van der Waals surface area contributed by atoms with E-state index in [9.17, 15) is 9.59 Å². The molecule has 1 aliphatic heterocycles. The van der Waals surface area contributed by atoms with E-state index >= 15 is 0 Å². The van der Waals surface area contributed by atoms with Crippen LogP contribution in [0.5, 0.6) is 0 Å². The molecule has 0 aliphatic carbocycles. The molecule has 0 aromatic heterocycles. The number of nitrogens with zero attached hydrogens (tertiary/aromatic N) is 1. The smallest absolute Gasteiger partial charge is 0.244 e. The first-order chi connectivity index (χ1) is 10.1. The lowest BCUT2D eigenvalue weighted by Crippen LogP contribution is -2.38. The van der Waals surface area contributed by atoms with Gasteiger partial charge in [-0.15, -0.1) is 0 Å². The number of rotatable bonds is 4. The molecule has 1 saturated heterocycles. The molecular weight excluding hydrogens is 311 g/mol. The van der Waals surface area contributed by atoms with E-state index in [1.54, 1.807) is 29.2 Å². The summed E-state index contributed by atoms with van der Waals surface area (Å²) in [4.78, 5) is 25.2. The lowest BCUT2D eigenvalue weighted by Gasteiger charge is -2.14. The van der Waals surface area contributed by atoms with Gasteiger partial charge in [0.15, 0.2) is 0 Å². The van der Waals surface area contributed by atoms with Crippen molar-refractivity contribution < 1.29 is 9.59 Å². The first-order valence-electron chi connectivity index (χ1n) is 6.75. The third kappa shape index (κ3) is 4.48. The van der Waals surface area contributed by atoms with Crippen LogP contribution in [0, 0.1) is 0 Å². The molecule has 1 aromatic carbocycles. The largest absolute Gasteiger partial charge is 0.343 e. The maximum Gasteiger partial charge on any atom is 0.244 e. The summed E-state index contributed by atoms with van der Waals surface area (Å²) in [6, 6.07) is 5.13. The summed E-state index contributed by atoms with van der Waals surface area (Å²) in [5.41, 5.74) is 0.585. The lowest BCUT2D eigenvalue weighted by molar-refractivity contribution is -0.131. The number of carbonyl (C=O) groups excluding carboxylic acids is 2. The summed E-state index contributed by atoms with van der Waals surface area (Å²) < 4.78 is 0. The first kappa shape index (κ1) is 15.9. The van der Waals surface area contributed by atoms with Crippen LogP contribution in [0.25, 0.3) is 6.08 Å². The minimum absolute atomic E-state index is 0.0133. The van der Waals surface area contributed by atoms with Crippen molar-refractivity contribution in [1.82, 2.24) is 10.2 Å². The van der Waals surface area contributed by atoms with E-state index in [1.807, 2.05) is 0 Å². The minimum atomic E-state index is -0.349. The molecule has 21 heavy (non-hydrogen) atoms. The summed E-state index contributed by atoms with van der Waals surface area (Å²) >= 11 is 12.0. The van der Waals surface area contributed by atoms with Crippen molar-refractivity contribution in [3.8, 4) is 0 Å². The number of carbonyl (C=O) groups is 2. The van der Waals surface area contributed by atoms with Gasteiger partial charge in [0.1, 0.15) is 0 Å².